The Kier molecular flexibility index (Phi) is 8.42. The van der Waals surface area contributed by atoms with Crippen molar-refractivity contribution in [1.82, 2.24) is 31.2 Å². The smallest absolute Gasteiger partial charge is 0.220 e. The van der Waals surface area contributed by atoms with Gasteiger partial charge in [-0.1, -0.05) is 59.6 Å². The van der Waals surface area contributed by atoms with Gasteiger partial charge in [0, 0.05) is 71.4 Å². The molecule has 0 bridgehead atoms. The topological polar surface area (TPSA) is 126 Å². The number of nitrogens with zero attached hydrogens (tertiary/aromatic N) is 2. The normalized spacial score (nSPS) is 22.5. The second-order valence-corrected chi connectivity index (χ2v) is 13.4. The number of halogens is 2. The predicted molar refractivity (Wildman–Crippen MR) is 183 cm³/mol. The van der Waals surface area contributed by atoms with Crippen molar-refractivity contribution in [1.29, 1.82) is 0 Å². The first-order chi connectivity index (χ1) is 23.4. The maximum Gasteiger partial charge on any atom is 0.220 e. The number of nitrogens with one attached hydrogen (secondary N) is 4. The number of pyridine rings is 2. The zero-order valence-corrected chi connectivity index (χ0v) is 27.5. The predicted octanol–water partition coefficient (Wildman–Crippen LogP) is 5.39. The van der Waals surface area contributed by atoms with Gasteiger partial charge in [-0.2, -0.15) is 0 Å². The number of carbonyl (C=O) groups excluding carboxylic acids is 2. The first kappa shape index (κ1) is 31.1. The molecule has 4 atom stereocenters. The minimum Gasteiger partial charge on any atom is -0.475 e. The summed E-state index contributed by atoms with van der Waals surface area (Å²) in [4.78, 5) is 32.8. The Morgan fingerprint density at radius 2 is 1.08 bits per heavy atom. The number of benzene rings is 2. The monoisotopic (exact) mass is 684 g/mol. The molecule has 48 heavy (non-hydrogen) atoms. The van der Waals surface area contributed by atoms with Gasteiger partial charge in [0.15, 0.2) is 0 Å². The fourth-order valence-corrected chi connectivity index (χ4v) is 7.56. The minimum atomic E-state index is 0.00366. The maximum absolute atomic E-state index is 11.6. The van der Waals surface area contributed by atoms with Crippen LogP contribution in [0.15, 0.2) is 60.7 Å². The van der Waals surface area contributed by atoms with Crippen LogP contribution in [-0.2, 0) is 9.59 Å². The van der Waals surface area contributed by atoms with Crippen LogP contribution < -0.4 is 30.7 Å². The number of rotatable bonds is 9. The maximum atomic E-state index is 11.6. The van der Waals surface area contributed by atoms with Crippen LogP contribution in [-0.4, -0.2) is 60.2 Å². The number of aromatic nitrogens is 2. The summed E-state index contributed by atoms with van der Waals surface area (Å²) in [7, 11) is 0. The second-order valence-electron chi connectivity index (χ2n) is 12.7. The molecule has 4 N–H and O–H groups in total. The summed E-state index contributed by atoms with van der Waals surface area (Å²) in [5, 5.41) is 14.1. The number of ether oxygens (including phenoxy) is 2. The van der Waals surface area contributed by atoms with E-state index in [4.69, 9.17) is 42.6 Å². The molecule has 0 aliphatic carbocycles. The number of hydrogen-bond acceptors (Lipinski definition) is 8. The van der Waals surface area contributed by atoms with Gasteiger partial charge in [0.25, 0.3) is 0 Å². The number of hydrogen-bond donors (Lipinski definition) is 4. The lowest BCUT2D eigenvalue weighted by Gasteiger charge is -2.16. The summed E-state index contributed by atoms with van der Waals surface area (Å²) in [5.41, 5.74) is 6.48. The van der Waals surface area contributed by atoms with Crippen LogP contribution in [0.4, 0.5) is 0 Å². The lowest BCUT2D eigenvalue weighted by Crippen LogP contribution is -2.37. The van der Waals surface area contributed by atoms with Crippen molar-refractivity contribution < 1.29 is 19.1 Å². The largest absolute Gasteiger partial charge is 0.475 e. The summed E-state index contributed by atoms with van der Waals surface area (Å²) in [5.74, 6) is 1.37. The van der Waals surface area contributed by atoms with E-state index in [2.05, 4.69) is 21.3 Å². The molecule has 2 aromatic carbocycles. The number of fused-ring (bicyclic) bond motifs is 2. The van der Waals surface area contributed by atoms with Gasteiger partial charge >= 0.3 is 0 Å². The quantitative estimate of drug-likeness (QED) is 0.185. The molecule has 246 valence electrons. The van der Waals surface area contributed by atoms with Crippen molar-refractivity contribution in [3.05, 3.63) is 81.8 Å². The van der Waals surface area contributed by atoms with E-state index >= 15 is 0 Å². The van der Waals surface area contributed by atoms with Crippen LogP contribution in [0.3, 0.4) is 0 Å². The molecular weight excluding hydrogens is 651 g/mol. The summed E-state index contributed by atoms with van der Waals surface area (Å²) >= 11 is 14.2. The third-order valence-electron chi connectivity index (χ3n) is 9.53. The summed E-state index contributed by atoms with van der Waals surface area (Å²) in [6, 6.07) is 19.9. The van der Waals surface area contributed by atoms with Crippen LogP contribution >= 0.6 is 23.2 Å². The van der Waals surface area contributed by atoms with Crippen LogP contribution in [0.5, 0.6) is 11.8 Å². The lowest BCUT2D eigenvalue weighted by molar-refractivity contribution is -0.120. The molecule has 4 aliphatic heterocycles. The van der Waals surface area contributed by atoms with Crippen molar-refractivity contribution in [3.8, 4) is 45.4 Å². The fraction of sp³-hybridized carbons (Fsp3) is 0.333. The van der Waals surface area contributed by atoms with Gasteiger partial charge in [-0.15, -0.1) is 0 Å². The van der Waals surface area contributed by atoms with E-state index in [-0.39, 0.29) is 36.0 Å². The molecule has 6 heterocycles. The van der Waals surface area contributed by atoms with Gasteiger partial charge in [-0.25, -0.2) is 9.97 Å². The molecule has 0 saturated carbocycles. The van der Waals surface area contributed by atoms with Gasteiger partial charge in [0.2, 0.25) is 23.6 Å². The zero-order valence-electron chi connectivity index (χ0n) is 26.0. The van der Waals surface area contributed by atoms with E-state index in [1.165, 1.54) is 0 Å². The Bertz CT molecular complexity index is 1780. The van der Waals surface area contributed by atoms with Crippen molar-refractivity contribution in [2.75, 3.05) is 26.3 Å². The van der Waals surface area contributed by atoms with Gasteiger partial charge in [0.05, 0.1) is 33.5 Å². The van der Waals surface area contributed by atoms with Crippen LogP contribution in [0.25, 0.3) is 33.6 Å². The summed E-state index contributed by atoms with van der Waals surface area (Å²) in [6.07, 6.45) is 2.83. The highest BCUT2D eigenvalue weighted by Crippen LogP contribution is 2.43. The Morgan fingerprint density at radius 1 is 0.646 bits per heavy atom. The van der Waals surface area contributed by atoms with Gasteiger partial charge < -0.3 is 30.7 Å². The van der Waals surface area contributed by atoms with Gasteiger partial charge in [-0.3, -0.25) is 9.59 Å². The average Bonchev–Trinajstić information content (AvgIpc) is 3.90. The van der Waals surface area contributed by atoms with E-state index in [1.54, 1.807) is 0 Å². The van der Waals surface area contributed by atoms with Crippen LogP contribution in [0.1, 0.15) is 48.9 Å². The molecule has 10 nitrogen and oxygen atoms in total. The van der Waals surface area contributed by atoms with E-state index in [0.29, 0.717) is 72.3 Å². The molecule has 4 aromatic rings. The lowest BCUT2D eigenvalue weighted by atomic mass is 9.97. The average molecular weight is 686 g/mol. The minimum absolute atomic E-state index is 0.00366. The molecule has 2 fully saturated rings. The summed E-state index contributed by atoms with van der Waals surface area (Å²) in [6.45, 7) is 2.31. The van der Waals surface area contributed by atoms with E-state index in [9.17, 15) is 9.59 Å². The highest BCUT2D eigenvalue weighted by molar-refractivity contribution is 6.39. The highest BCUT2D eigenvalue weighted by Gasteiger charge is 2.30. The molecule has 0 radical (unpaired) electrons. The van der Waals surface area contributed by atoms with E-state index in [1.807, 2.05) is 60.7 Å². The van der Waals surface area contributed by atoms with Crippen LogP contribution in [0, 0.1) is 0 Å². The fourth-order valence-electron chi connectivity index (χ4n) is 6.91. The second kappa shape index (κ2) is 13.0. The molecule has 0 spiro atoms. The Balaban J connectivity index is 1.01. The first-order valence-electron chi connectivity index (χ1n) is 16.3. The van der Waals surface area contributed by atoms with Crippen molar-refractivity contribution in [2.24, 2.45) is 0 Å². The van der Waals surface area contributed by atoms with E-state index < -0.39 is 0 Å². The Labute approximate surface area is 287 Å². The molecule has 2 aromatic heterocycles. The molecule has 4 aliphatic rings. The Hall–Kier alpha value is -4.22. The third kappa shape index (κ3) is 5.98. The molecular formula is C36H34Cl2N6O4. The molecule has 2 saturated heterocycles. The van der Waals surface area contributed by atoms with Crippen molar-refractivity contribution in [3.63, 3.8) is 0 Å². The van der Waals surface area contributed by atoms with E-state index in [0.717, 1.165) is 46.2 Å². The molecule has 12 heteroatoms. The standard InChI is InChI=1S/C36H34Cl2N6O4/c37-33-21(3-1-5-23(33)27-11-9-25-29(17-47-35(25)43-27)39-15-19-7-13-31(45)41-19)22-4-2-6-24(34(22)38)28-12-10-26-30(18-48-36(26)44-28)40-16-20-8-14-32(46)42-20/h1-6,9-12,19-20,29-30,39-40H,7-8,13-18H2,(H,41,45)(H,42,46)/t19-,20-,29-,30+/m0/s1. The molecule has 8 rings (SSSR count). The van der Waals surface area contributed by atoms with Crippen LogP contribution in [0.2, 0.25) is 10.0 Å². The SMILES string of the molecule is O=C1CC[C@@H](CN[C@H]2COc3nc(-c4cccc(-c5cccc(-c6ccc7c(n6)OC[C@H]7NC[C@@H]6CCC(=O)N6)c5Cl)c4Cl)ccc32)N1. The third-order valence-corrected chi connectivity index (χ3v) is 10.3. The van der Waals surface area contributed by atoms with Crippen molar-refractivity contribution >= 4 is 35.0 Å². The number of carbonyl (C=O) groups is 2. The highest BCUT2D eigenvalue weighted by atomic mass is 35.5. The zero-order chi connectivity index (χ0) is 32.8. The number of amides is 2. The molecule has 0 unspecified atom stereocenters. The molecule has 2 amide bonds. The summed E-state index contributed by atoms with van der Waals surface area (Å²) < 4.78 is 11.9. The van der Waals surface area contributed by atoms with Crippen molar-refractivity contribution in [2.45, 2.75) is 49.9 Å². The first-order valence-corrected chi connectivity index (χ1v) is 17.1. The van der Waals surface area contributed by atoms with Gasteiger partial charge in [0.1, 0.15) is 13.2 Å². The Morgan fingerprint density at radius 3 is 1.50 bits per heavy atom. The van der Waals surface area contributed by atoms with Gasteiger partial charge in [-0.05, 0) is 37.1 Å².